The Balaban J connectivity index is 0. The van der Waals surface area contributed by atoms with Crippen molar-refractivity contribution in [1.82, 2.24) is 0 Å². The average Bonchev–Trinajstić information content (AvgIpc) is 2.45. The molecular formula is C17H38O5S. The lowest BCUT2D eigenvalue weighted by atomic mass is 10.0. The van der Waals surface area contributed by atoms with Gasteiger partial charge >= 0.3 is 10.4 Å². The molecule has 0 saturated heterocycles. The largest absolute Gasteiger partial charge is 0.412 e. The van der Waals surface area contributed by atoms with Crippen LogP contribution in [0, 0.1) is 0 Å². The molecule has 0 aliphatic carbocycles. The third-order valence-corrected chi connectivity index (χ3v) is 4.44. The molecule has 5 nitrogen and oxygen atoms in total. The summed E-state index contributed by atoms with van der Waals surface area (Å²) in [6.07, 6.45) is 19.0. The highest BCUT2D eigenvalue weighted by molar-refractivity contribution is 7.80. The van der Waals surface area contributed by atoms with E-state index in [1.165, 1.54) is 77.0 Å². The summed E-state index contributed by atoms with van der Waals surface area (Å²) >= 11 is 0. The molecular weight excluding hydrogens is 316 g/mol. The molecule has 0 aliphatic rings. The Morgan fingerprint density at radius 3 is 1.26 bits per heavy atom. The predicted octanol–water partition coefficient (Wildman–Crippen LogP) is 4.85. The number of unbranched alkanes of at least 4 members (excludes halogenated alkanes) is 14. The summed E-state index contributed by atoms with van der Waals surface area (Å²) in [6.45, 7) is 2.35. The SMILES string of the molecule is CCCCCCCCCCCCCCCCCOS(=O)(=O)O.O. The smallest absolute Gasteiger partial charge is 0.397 e. The summed E-state index contributed by atoms with van der Waals surface area (Å²) < 4.78 is 33.3. The van der Waals surface area contributed by atoms with E-state index in [0.717, 1.165) is 12.8 Å². The van der Waals surface area contributed by atoms with Crippen LogP contribution in [0.2, 0.25) is 0 Å². The lowest BCUT2D eigenvalue weighted by Gasteiger charge is -2.03. The van der Waals surface area contributed by atoms with Gasteiger partial charge in [0.1, 0.15) is 0 Å². The Labute approximate surface area is 143 Å². The van der Waals surface area contributed by atoms with E-state index in [1.807, 2.05) is 0 Å². The molecule has 0 rings (SSSR count). The molecule has 0 aromatic heterocycles. The average molecular weight is 355 g/mol. The van der Waals surface area contributed by atoms with Gasteiger partial charge in [0.05, 0.1) is 6.61 Å². The first-order valence-corrected chi connectivity index (χ1v) is 10.5. The van der Waals surface area contributed by atoms with E-state index >= 15 is 0 Å². The highest BCUT2D eigenvalue weighted by Crippen LogP contribution is 2.13. The van der Waals surface area contributed by atoms with Crippen LogP contribution in [0.3, 0.4) is 0 Å². The number of hydrogen-bond acceptors (Lipinski definition) is 3. The lowest BCUT2D eigenvalue weighted by molar-refractivity contribution is 0.261. The zero-order valence-electron chi connectivity index (χ0n) is 14.9. The van der Waals surface area contributed by atoms with Gasteiger partial charge in [-0.05, 0) is 6.42 Å². The van der Waals surface area contributed by atoms with Crippen LogP contribution in [0.25, 0.3) is 0 Å². The van der Waals surface area contributed by atoms with Crippen molar-refractivity contribution in [2.45, 2.75) is 103 Å². The molecule has 6 heteroatoms. The zero-order valence-corrected chi connectivity index (χ0v) is 15.7. The van der Waals surface area contributed by atoms with Gasteiger partial charge in [0, 0.05) is 0 Å². The maximum atomic E-state index is 10.3. The van der Waals surface area contributed by atoms with Crippen molar-refractivity contribution in [3.8, 4) is 0 Å². The van der Waals surface area contributed by atoms with E-state index in [0.29, 0.717) is 6.42 Å². The Kier molecular flexibility index (Phi) is 19.8. The first-order valence-electron chi connectivity index (χ1n) is 9.18. The van der Waals surface area contributed by atoms with Gasteiger partial charge in [-0.15, -0.1) is 0 Å². The normalized spacial score (nSPS) is 11.4. The summed E-state index contributed by atoms with van der Waals surface area (Å²) in [5.41, 5.74) is 0. The fourth-order valence-corrected chi connectivity index (χ4v) is 2.97. The molecule has 3 N–H and O–H groups in total. The molecule has 0 amide bonds. The summed E-state index contributed by atoms with van der Waals surface area (Å²) in [7, 11) is -4.24. The number of rotatable bonds is 17. The van der Waals surface area contributed by atoms with Gasteiger partial charge in [-0.3, -0.25) is 4.55 Å². The molecule has 0 aromatic carbocycles. The van der Waals surface area contributed by atoms with Crippen molar-refractivity contribution in [2.75, 3.05) is 6.61 Å². The molecule has 0 aromatic rings. The van der Waals surface area contributed by atoms with Crippen LogP contribution in [-0.2, 0) is 14.6 Å². The minimum Gasteiger partial charge on any atom is -0.412 e. The Bertz CT molecular complexity index is 317. The van der Waals surface area contributed by atoms with Gasteiger partial charge in [-0.25, -0.2) is 4.18 Å². The van der Waals surface area contributed by atoms with Crippen molar-refractivity contribution < 1.29 is 22.6 Å². The van der Waals surface area contributed by atoms with Crippen molar-refractivity contribution in [1.29, 1.82) is 0 Å². The van der Waals surface area contributed by atoms with Crippen molar-refractivity contribution >= 4 is 10.4 Å². The predicted molar refractivity (Wildman–Crippen MR) is 96.0 cm³/mol. The minimum atomic E-state index is -4.24. The molecule has 23 heavy (non-hydrogen) atoms. The van der Waals surface area contributed by atoms with Gasteiger partial charge in [0.2, 0.25) is 0 Å². The topological polar surface area (TPSA) is 95.1 Å². The van der Waals surface area contributed by atoms with E-state index < -0.39 is 10.4 Å². The molecule has 0 atom stereocenters. The van der Waals surface area contributed by atoms with Crippen LogP contribution >= 0.6 is 0 Å². The first-order chi connectivity index (χ1) is 10.6. The fourth-order valence-electron chi connectivity index (χ4n) is 2.64. The third-order valence-electron chi connectivity index (χ3n) is 3.98. The second-order valence-corrected chi connectivity index (χ2v) is 7.29. The second-order valence-electron chi connectivity index (χ2n) is 6.20. The Hall–Kier alpha value is -0.170. The second kappa shape index (κ2) is 18.2. The van der Waals surface area contributed by atoms with Crippen LogP contribution in [0.15, 0.2) is 0 Å². The molecule has 0 aliphatic heterocycles. The molecule has 0 bridgehead atoms. The van der Waals surface area contributed by atoms with Gasteiger partial charge in [0.15, 0.2) is 0 Å². The highest BCUT2D eigenvalue weighted by atomic mass is 32.3. The van der Waals surface area contributed by atoms with Gasteiger partial charge < -0.3 is 5.48 Å². The Morgan fingerprint density at radius 2 is 0.957 bits per heavy atom. The van der Waals surface area contributed by atoms with Gasteiger partial charge in [-0.1, -0.05) is 96.8 Å². The van der Waals surface area contributed by atoms with Crippen molar-refractivity contribution in [2.24, 2.45) is 0 Å². The molecule has 0 heterocycles. The molecule has 0 unspecified atom stereocenters. The molecule has 0 saturated carbocycles. The van der Waals surface area contributed by atoms with Crippen LogP contribution in [0.5, 0.6) is 0 Å². The van der Waals surface area contributed by atoms with E-state index in [2.05, 4.69) is 11.1 Å². The summed E-state index contributed by atoms with van der Waals surface area (Å²) in [6, 6.07) is 0. The summed E-state index contributed by atoms with van der Waals surface area (Å²) in [5.74, 6) is 0. The van der Waals surface area contributed by atoms with Crippen LogP contribution in [-0.4, -0.2) is 25.1 Å². The Morgan fingerprint density at radius 1 is 0.652 bits per heavy atom. The monoisotopic (exact) mass is 354 g/mol. The first kappa shape index (κ1) is 25.1. The quantitative estimate of drug-likeness (QED) is 0.298. The zero-order chi connectivity index (χ0) is 16.5. The molecule has 0 spiro atoms. The van der Waals surface area contributed by atoms with E-state index in [-0.39, 0.29) is 12.1 Å². The van der Waals surface area contributed by atoms with Crippen LogP contribution in [0.4, 0.5) is 0 Å². The summed E-state index contributed by atoms with van der Waals surface area (Å²) in [5, 5.41) is 0. The maximum Gasteiger partial charge on any atom is 0.397 e. The maximum absolute atomic E-state index is 10.3. The number of hydrogen-bond donors (Lipinski definition) is 1. The van der Waals surface area contributed by atoms with E-state index in [4.69, 9.17) is 4.55 Å². The van der Waals surface area contributed by atoms with Gasteiger partial charge in [-0.2, -0.15) is 8.42 Å². The lowest BCUT2D eigenvalue weighted by Crippen LogP contribution is -2.04. The molecule has 142 valence electrons. The van der Waals surface area contributed by atoms with Crippen molar-refractivity contribution in [3.05, 3.63) is 0 Å². The van der Waals surface area contributed by atoms with E-state index in [1.54, 1.807) is 0 Å². The van der Waals surface area contributed by atoms with E-state index in [9.17, 15) is 8.42 Å². The third kappa shape index (κ3) is 24.2. The fraction of sp³-hybridized carbons (Fsp3) is 1.00. The summed E-state index contributed by atoms with van der Waals surface area (Å²) in [4.78, 5) is 0. The van der Waals surface area contributed by atoms with Crippen LogP contribution < -0.4 is 0 Å². The van der Waals surface area contributed by atoms with Crippen molar-refractivity contribution in [3.63, 3.8) is 0 Å². The minimum absolute atomic E-state index is 0. The standard InChI is InChI=1S/C17H36O4S.H2O/c1-2-3-4-5-6-7-8-9-10-11-12-13-14-15-16-17-21-22(18,19)20;/h2-17H2,1H3,(H,18,19,20);1H2. The molecule has 0 radical (unpaired) electrons. The highest BCUT2D eigenvalue weighted by Gasteiger charge is 2.02. The van der Waals surface area contributed by atoms with Crippen LogP contribution in [0.1, 0.15) is 103 Å². The molecule has 0 fully saturated rings. The van der Waals surface area contributed by atoms with Gasteiger partial charge in [0.25, 0.3) is 0 Å².